The van der Waals surface area contributed by atoms with E-state index in [2.05, 4.69) is 24.5 Å². The third kappa shape index (κ3) is 19.4. The molecule has 0 heterocycles. The monoisotopic (exact) mass is 346 g/mol. The van der Waals surface area contributed by atoms with Crippen LogP contribution in [0.5, 0.6) is 0 Å². The number of nitrogens with one attached hydrogen (secondary N) is 2. The molecule has 0 aromatic rings. The number of hydrogen-bond donors (Lipinski definition) is 2. The summed E-state index contributed by atoms with van der Waals surface area (Å²) in [5.41, 5.74) is 0. The standard InChI is InChI=1S/C18H38N2O4/c1-16(2)15-18(21)20-8-6-10-23-12-14-24-13-11-22-9-5-7-19-17(3)4/h16-17,19H,5-15H2,1-4H3,(H,20,21). The molecular weight excluding hydrogens is 308 g/mol. The summed E-state index contributed by atoms with van der Waals surface area (Å²) in [7, 11) is 0. The fourth-order valence-electron chi connectivity index (χ4n) is 1.95. The first-order valence-corrected chi connectivity index (χ1v) is 9.25. The van der Waals surface area contributed by atoms with Gasteiger partial charge in [0.2, 0.25) is 5.91 Å². The fourth-order valence-corrected chi connectivity index (χ4v) is 1.95. The van der Waals surface area contributed by atoms with E-state index in [1.807, 2.05) is 13.8 Å². The second-order valence-corrected chi connectivity index (χ2v) is 6.60. The molecule has 0 radical (unpaired) electrons. The van der Waals surface area contributed by atoms with Crippen LogP contribution < -0.4 is 10.6 Å². The molecule has 1 amide bonds. The van der Waals surface area contributed by atoms with Crippen LogP contribution in [0.3, 0.4) is 0 Å². The highest BCUT2D eigenvalue weighted by molar-refractivity contribution is 5.75. The molecular formula is C18H38N2O4. The smallest absolute Gasteiger partial charge is 0.220 e. The first-order valence-electron chi connectivity index (χ1n) is 9.25. The lowest BCUT2D eigenvalue weighted by molar-refractivity contribution is -0.121. The molecule has 0 aliphatic rings. The summed E-state index contributed by atoms with van der Waals surface area (Å²) >= 11 is 0. The van der Waals surface area contributed by atoms with Gasteiger partial charge >= 0.3 is 0 Å². The zero-order chi connectivity index (χ0) is 18.0. The average molecular weight is 347 g/mol. The van der Waals surface area contributed by atoms with Crippen molar-refractivity contribution in [1.82, 2.24) is 10.6 Å². The molecule has 0 bridgehead atoms. The minimum absolute atomic E-state index is 0.119. The zero-order valence-electron chi connectivity index (χ0n) is 16.1. The van der Waals surface area contributed by atoms with Crippen LogP contribution in [0.15, 0.2) is 0 Å². The van der Waals surface area contributed by atoms with E-state index in [0.29, 0.717) is 58.0 Å². The molecule has 6 heteroatoms. The van der Waals surface area contributed by atoms with Gasteiger partial charge in [0, 0.05) is 32.2 Å². The van der Waals surface area contributed by atoms with Gasteiger partial charge in [-0.1, -0.05) is 27.7 Å². The highest BCUT2D eigenvalue weighted by atomic mass is 16.5. The van der Waals surface area contributed by atoms with Crippen molar-refractivity contribution in [2.24, 2.45) is 5.92 Å². The van der Waals surface area contributed by atoms with Crippen LogP contribution >= 0.6 is 0 Å². The highest BCUT2D eigenvalue weighted by Crippen LogP contribution is 1.97. The van der Waals surface area contributed by atoms with Gasteiger partial charge in [0.25, 0.3) is 0 Å². The van der Waals surface area contributed by atoms with Crippen LogP contribution in [0.2, 0.25) is 0 Å². The predicted molar refractivity (Wildman–Crippen MR) is 97.3 cm³/mol. The molecule has 6 nitrogen and oxygen atoms in total. The molecule has 0 fully saturated rings. The summed E-state index contributed by atoms with van der Waals surface area (Å²) in [6.07, 6.45) is 2.44. The molecule has 0 saturated heterocycles. The summed E-state index contributed by atoms with van der Waals surface area (Å²) in [5, 5.41) is 6.24. The van der Waals surface area contributed by atoms with Crippen molar-refractivity contribution < 1.29 is 19.0 Å². The van der Waals surface area contributed by atoms with Gasteiger partial charge in [-0.3, -0.25) is 4.79 Å². The van der Waals surface area contributed by atoms with Crippen LogP contribution in [-0.2, 0) is 19.0 Å². The van der Waals surface area contributed by atoms with Crippen molar-refractivity contribution in [3.8, 4) is 0 Å². The van der Waals surface area contributed by atoms with Crippen molar-refractivity contribution >= 4 is 5.91 Å². The van der Waals surface area contributed by atoms with Crippen LogP contribution in [0.1, 0.15) is 47.0 Å². The number of amides is 1. The topological polar surface area (TPSA) is 68.8 Å². The van der Waals surface area contributed by atoms with Gasteiger partial charge in [-0.2, -0.15) is 0 Å². The number of carbonyl (C=O) groups is 1. The lowest BCUT2D eigenvalue weighted by atomic mass is 10.1. The number of ether oxygens (including phenoxy) is 3. The summed E-state index contributed by atoms with van der Waals surface area (Å²) in [6.45, 7) is 13.8. The van der Waals surface area contributed by atoms with E-state index in [0.717, 1.165) is 26.0 Å². The Bertz CT molecular complexity index is 286. The summed E-state index contributed by atoms with van der Waals surface area (Å²) in [5.74, 6) is 0.521. The van der Waals surface area contributed by atoms with E-state index in [1.54, 1.807) is 0 Å². The molecule has 0 aromatic carbocycles. The normalized spacial score (nSPS) is 11.4. The van der Waals surface area contributed by atoms with Gasteiger partial charge in [-0.15, -0.1) is 0 Å². The molecule has 24 heavy (non-hydrogen) atoms. The maximum absolute atomic E-state index is 11.4. The zero-order valence-corrected chi connectivity index (χ0v) is 16.1. The quantitative estimate of drug-likeness (QED) is 0.394. The third-order valence-corrected chi connectivity index (χ3v) is 3.14. The van der Waals surface area contributed by atoms with E-state index >= 15 is 0 Å². The lowest BCUT2D eigenvalue weighted by Gasteiger charge is -2.09. The van der Waals surface area contributed by atoms with Gasteiger partial charge in [0.15, 0.2) is 0 Å². The van der Waals surface area contributed by atoms with Crippen LogP contribution in [0, 0.1) is 5.92 Å². The van der Waals surface area contributed by atoms with Crippen molar-refractivity contribution in [2.45, 2.75) is 53.0 Å². The van der Waals surface area contributed by atoms with E-state index in [9.17, 15) is 4.79 Å². The Morgan fingerprint density at radius 2 is 1.29 bits per heavy atom. The van der Waals surface area contributed by atoms with Gasteiger partial charge in [0.05, 0.1) is 26.4 Å². The van der Waals surface area contributed by atoms with E-state index in [1.165, 1.54) is 0 Å². The Labute approximate surface area is 148 Å². The van der Waals surface area contributed by atoms with Crippen LogP contribution in [0.4, 0.5) is 0 Å². The molecule has 0 unspecified atom stereocenters. The Hall–Kier alpha value is -0.690. The minimum Gasteiger partial charge on any atom is -0.379 e. The Kier molecular flexibility index (Phi) is 16.7. The molecule has 0 aliphatic heterocycles. The Morgan fingerprint density at radius 3 is 1.79 bits per heavy atom. The second kappa shape index (κ2) is 17.1. The molecule has 0 rings (SSSR count). The largest absolute Gasteiger partial charge is 0.379 e. The van der Waals surface area contributed by atoms with Crippen LogP contribution in [-0.4, -0.2) is 64.7 Å². The van der Waals surface area contributed by atoms with E-state index in [4.69, 9.17) is 14.2 Å². The number of hydrogen-bond acceptors (Lipinski definition) is 5. The van der Waals surface area contributed by atoms with Gasteiger partial charge in [0.1, 0.15) is 0 Å². The molecule has 0 atom stereocenters. The maximum atomic E-state index is 11.4. The third-order valence-electron chi connectivity index (χ3n) is 3.14. The van der Waals surface area contributed by atoms with Crippen molar-refractivity contribution in [1.29, 1.82) is 0 Å². The molecule has 0 spiro atoms. The summed E-state index contributed by atoms with van der Waals surface area (Å²) in [4.78, 5) is 11.4. The molecule has 0 saturated carbocycles. The number of rotatable bonds is 17. The molecule has 144 valence electrons. The minimum atomic E-state index is 0.119. The van der Waals surface area contributed by atoms with Crippen LogP contribution in [0.25, 0.3) is 0 Å². The SMILES string of the molecule is CC(C)CC(=O)NCCCOCCOCCOCCCNC(C)C. The fraction of sp³-hybridized carbons (Fsp3) is 0.944. The Morgan fingerprint density at radius 1 is 0.792 bits per heavy atom. The average Bonchev–Trinajstić information content (AvgIpc) is 2.50. The first-order chi connectivity index (χ1) is 11.5. The highest BCUT2D eigenvalue weighted by Gasteiger charge is 2.03. The summed E-state index contributed by atoms with van der Waals surface area (Å²) in [6, 6.07) is 0.532. The molecule has 0 aliphatic carbocycles. The van der Waals surface area contributed by atoms with Crippen molar-refractivity contribution in [2.75, 3.05) is 52.7 Å². The Balaban J connectivity index is 3.09. The van der Waals surface area contributed by atoms with Crippen molar-refractivity contribution in [3.63, 3.8) is 0 Å². The molecule has 0 aromatic heterocycles. The first kappa shape index (κ1) is 23.3. The maximum Gasteiger partial charge on any atom is 0.220 e. The van der Waals surface area contributed by atoms with Crippen molar-refractivity contribution in [3.05, 3.63) is 0 Å². The lowest BCUT2D eigenvalue weighted by Crippen LogP contribution is -2.26. The number of carbonyl (C=O) groups excluding carboxylic acids is 1. The van der Waals surface area contributed by atoms with Gasteiger partial charge in [-0.05, 0) is 25.3 Å². The predicted octanol–water partition coefficient (Wildman–Crippen LogP) is 1.98. The summed E-state index contributed by atoms with van der Waals surface area (Å²) < 4.78 is 16.4. The van der Waals surface area contributed by atoms with E-state index < -0.39 is 0 Å². The van der Waals surface area contributed by atoms with Gasteiger partial charge < -0.3 is 24.8 Å². The van der Waals surface area contributed by atoms with E-state index in [-0.39, 0.29) is 5.91 Å². The molecule has 2 N–H and O–H groups in total. The van der Waals surface area contributed by atoms with Gasteiger partial charge in [-0.25, -0.2) is 0 Å². The second-order valence-electron chi connectivity index (χ2n) is 6.60.